The van der Waals surface area contributed by atoms with Gasteiger partial charge in [-0.05, 0) is 58.2 Å². The number of allylic oxidation sites excluding steroid dienone is 1. The molecule has 3 aromatic rings. The lowest BCUT2D eigenvalue weighted by molar-refractivity contribution is -0.117. The Kier molecular flexibility index (Phi) is 9.43. The quantitative estimate of drug-likeness (QED) is 0.234. The molecule has 0 saturated heterocycles. The normalized spacial score (nSPS) is 13.4. The molecule has 38 heavy (non-hydrogen) atoms. The molecule has 1 amide bonds. The highest BCUT2D eigenvalue weighted by atomic mass is 16.2. The Labute approximate surface area is 223 Å². The van der Waals surface area contributed by atoms with Crippen molar-refractivity contribution in [2.45, 2.75) is 46.1 Å². The Morgan fingerprint density at radius 2 is 1.84 bits per heavy atom. The SMILES string of the molecule is CC(C)(C)N=C/C(C=O)=C\N.CNc1cnc(C)c(-c2cccc(-c3cc(NC(=O)C4CC4)ncn3)c2)c1. The van der Waals surface area contributed by atoms with Crippen LogP contribution in [0.5, 0.6) is 0 Å². The first-order valence-corrected chi connectivity index (χ1v) is 12.4. The molecule has 4 rings (SSSR count). The summed E-state index contributed by atoms with van der Waals surface area (Å²) in [5.74, 6) is 0.720. The molecule has 9 heteroatoms. The summed E-state index contributed by atoms with van der Waals surface area (Å²) in [6.45, 7) is 7.84. The first-order valence-electron chi connectivity index (χ1n) is 12.4. The van der Waals surface area contributed by atoms with E-state index in [0.717, 1.165) is 46.6 Å². The van der Waals surface area contributed by atoms with Crippen LogP contribution in [0.25, 0.3) is 22.4 Å². The number of carbonyl (C=O) groups excluding carboxylic acids is 2. The zero-order valence-corrected chi connectivity index (χ0v) is 22.5. The lowest BCUT2D eigenvalue weighted by atomic mass is 10.0. The number of nitrogens with one attached hydrogen (secondary N) is 2. The highest BCUT2D eigenvalue weighted by Crippen LogP contribution is 2.31. The van der Waals surface area contributed by atoms with Crippen molar-refractivity contribution in [1.82, 2.24) is 15.0 Å². The number of anilines is 2. The van der Waals surface area contributed by atoms with Gasteiger partial charge in [0.15, 0.2) is 6.29 Å². The lowest BCUT2D eigenvalue weighted by Gasteiger charge is -2.10. The van der Waals surface area contributed by atoms with E-state index in [2.05, 4.69) is 48.8 Å². The maximum absolute atomic E-state index is 12.0. The van der Waals surface area contributed by atoms with E-state index < -0.39 is 0 Å². The highest BCUT2D eigenvalue weighted by Gasteiger charge is 2.29. The molecule has 198 valence electrons. The Hall–Kier alpha value is -4.40. The largest absolute Gasteiger partial charge is 0.404 e. The van der Waals surface area contributed by atoms with Gasteiger partial charge in [0.05, 0.1) is 23.1 Å². The fourth-order valence-electron chi connectivity index (χ4n) is 3.35. The van der Waals surface area contributed by atoms with Gasteiger partial charge in [0.2, 0.25) is 5.91 Å². The van der Waals surface area contributed by atoms with Gasteiger partial charge >= 0.3 is 0 Å². The molecular formula is C29H35N7O2. The van der Waals surface area contributed by atoms with E-state index in [1.807, 2.05) is 59.1 Å². The first-order chi connectivity index (χ1) is 18.1. The number of carbonyl (C=O) groups is 2. The third-order valence-corrected chi connectivity index (χ3v) is 5.64. The molecule has 0 radical (unpaired) electrons. The number of nitrogens with two attached hydrogens (primary N) is 1. The summed E-state index contributed by atoms with van der Waals surface area (Å²) in [6, 6.07) is 12.0. The topological polar surface area (TPSA) is 135 Å². The smallest absolute Gasteiger partial charge is 0.228 e. The van der Waals surface area contributed by atoms with E-state index in [0.29, 0.717) is 17.7 Å². The van der Waals surface area contributed by atoms with E-state index in [4.69, 9.17) is 5.73 Å². The minimum atomic E-state index is -0.155. The summed E-state index contributed by atoms with van der Waals surface area (Å²) in [6.07, 6.45) is 8.63. The van der Waals surface area contributed by atoms with Gasteiger partial charge in [-0.25, -0.2) is 9.97 Å². The van der Waals surface area contributed by atoms with E-state index >= 15 is 0 Å². The number of hydrogen-bond acceptors (Lipinski definition) is 8. The molecule has 1 fully saturated rings. The van der Waals surface area contributed by atoms with Crippen molar-refractivity contribution in [1.29, 1.82) is 0 Å². The van der Waals surface area contributed by atoms with Gasteiger partial charge in [0, 0.05) is 53.8 Å². The molecule has 1 aliphatic rings. The lowest BCUT2D eigenvalue weighted by Crippen LogP contribution is -2.14. The predicted octanol–water partition coefficient (Wildman–Crippen LogP) is 4.80. The fourth-order valence-corrected chi connectivity index (χ4v) is 3.35. The minimum absolute atomic E-state index is 0.0407. The van der Waals surface area contributed by atoms with E-state index in [9.17, 15) is 9.59 Å². The number of nitrogens with zero attached hydrogens (tertiary/aromatic N) is 4. The number of benzene rings is 1. The third kappa shape index (κ3) is 8.33. The average Bonchev–Trinajstić information content (AvgIpc) is 3.76. The summed E-state index contributed by atoms with van der Waals surface area (Å²) in [7, 11) is 1.88. The van der Waals surface area contributed by atoms with Gasteiger partial charge in [0.25, 0.3) is 0 Å². The molecule has 1 saturated carbocycles. The fraction of sp³-hybridized carbons (Fsp3) is 0.310. The summed E-state index contributed by atoms with van der Waals surface area (Å²) < 4.78 is 0. The van der Waals surface area contributed by atoms with Crippen molar-refractivity contribution in [3.63, 3.8) is 0 Å². The van der Waals surface area contributed by atoms with Crippen LogP contribution >= 0.6 is 0 Å². The number of aldehydes is 1. The second kappa shape index (κ2) is 12.7. The van der Waals surface area contributed by atoms with Crippen LogP contribution in [0.3, 0.4) is 0 Å². The Balaban J connectivity index is 0.000000310. The molecule has 2 aromatic heterocycles. The van der Waals surface area contributed by atoms with Crippen LogP contribution in [0.2, 0.25) is 0 Å². The van der Waals surface area contributed by atoms with Gasteiger partial charge in [0.1, 0.15) is 12.1 Å². The maximum Gasteiger partial charge on any atom is 0.228 e. The number of pyridine rings is 1. The minimum Gasteiger partial charge on any atom is -0.404 e. The van der Waals surface area contributed by atoms with Crippen LogP contribution in [0.1, 0.15) is 39.3 Å². The number of aryl methyl sites for hydroxylation is 1. The predicted molar refractivity (Wildman–Crippen MR) is 153 cm³/mol. The van der Waals surface area contributed by atoms with Crippen LogP contribution in [0.4, 0.5) is 11.5 Å². The van der Waals surface area contributed by atoms with Gasteiger partial charge in [-0.1, -0.05) is 18.2 Å². The number of amides is 1. The van der Waals surface area contributed by atoms with Gasteiger partial charge in [-0.2, -0.15) is 0 Å². The number of aliphatic imine (C=N–C) groups is 1. The molecule has 0 bridgehead atoms. The zero-order valence-electron chi connectivity index (χ0n) is 22.5. The highest BCUT2D eigenvalue weighted by molar-refractivity contribution is 6.01. The standard InChI is InChI=1S/C21H21N5O.C8H14N2O/c1-13-18(9-17(22-2)11-23-13)15-4-3-5-16(8-15)19-10-20(25-12-24-19)26-21(27)14-6-7-14;1-8(2,3)10-5-7(4-9)6-11/h3-5,8-12,14,22H,6-7H2,1-2H3,(H,24,25,26,27);4-6H,9H2,1-3H3/b;7-4+,10-5?. The second-order valence-corrected chi connectivity index (χ2v) is 9.95. The average molecular weight is 514 g/mol. The number of aromatic nitrogens is 3. The molecule has 1 aliphatic carbocycles. The van der Waals surface area contributed by atoms with Crippen LogP contribution in [-0.2, 0) is 9.59 Å². The second-order valence-electron chi connectivity index (χ2n) is 9.95. The van der Waals surface area contributed by atoms with Crippen LogP contribution < -0.4 is 16.4 Å². The Bertz CT molecular complexity index is 1340. The molecule has 2 heterocycles. The molecule has 0 spiro atoms. The van der Waals surface area contributed by atoms with Crippen LogP contribution in [0, 0.1) is 12.8 Å². The monoisotopic (exact) mass is 513 g/mol. The van der Waals surface area contributed by atoms with Crippen molar-refractivity contribution < 1.29 is 9.59 Å². The van der Waals surface area contributed by atoms with Crippen LogP contribution in [0.15, 0.2) is 65.7 Å². The molecule has 1 aromatic carbocycles. The summed E-state index contributed by atoms with van der Waals surface area (Å²) in [5.41, 5.74) is 11.2. The van der Waals surface area contributed by atoms with E-state index in [-0.39, 0.29) is 17.4 Å². The van der Waals surface area contributed by atoms with E-state index in [1.54, 1.807) is 0 Å². The number of rotatable bonds is 7. The molecular weight excluding hydrogens is 478 g/mol. The van der Waals surface area contributed by atoms with Crippen molar-refractivity contribution in [2.75, 3.05) is 17.7 Å². The van der Waals surface area contributed by atoms with Gasteiger partial charge in [-0.15, -0.1) is 0 Å². The Morgan fingerprint density at radius 3 is 2.47 bits per heavy atom. The maximum atomic E-state index is 12.0. The first kappa shape index (κ1) is 28.2. The zero-order chi connectivity index (χ0) is 27.7. The molecule has 0 aliphatic heterocycles. The third-order valence-electron chi connectivity index (χ3n) is 5.64. The van der Waals surface area contributed by atoms with E-state index in [1.165, 1.54) is 18.7 Å². The van der Waals surface area contributed by atoms with Crippen molar-refractivity contribution >= 4 is 29.9 Å². The Morgan fingerprint density at radius 1 is 1.11 bits per heavy atom. The molecule has 0 atom stereocenters. The summed E-state index contributed by atoms with van der Waals surface area (Å²) >= 11 is 0. The molecule has 4 N–H and O–H groups in total. The van der Waals surface area contributed by atoms with Gasteiger partial charge in [-0.3, -0.25) is 19.6 Å². The number of hydrogen-bond donors (Lipinski definition) is 3. The summed E-state index contributed by atoms with van der Waals surface area (Å²) in [4.78, 5) is 39.3. The van der Waals surface area contributed by atoms with Crippen molar-refractivity contribution in [3.05, 3.63) is 66.4 Å². The van der Waals surface area contributed by atoms with Crippen LogP contribution in [-0.4, -0.2) is 45.9 Å². The molecule has 0 unspecified atom stereocenters. The molecule has 9 nitrogen and oxygen atoms in total. The summed E-state index contributed by atoms with van der Waals surface area (Å²) in [5, 5.41) is 6.00. The van der Waals surface area contributed by atoms with Crippen molar-refractivity contribution in [3.8, 4) is 22.4 Å². The van der Waals surface area contributed by atoms with Crippen molar-refractivity contribution in [2.24, 2.45) is 16.6 Å². The van der Waals surface area contributed by atoms with Gasteiger partial charge < -0.3 is 16.4 Å².